The molecule has 1 fully saturated rings. The van der Waals surface area contributed by atoms with E-state index in [1.54, 1.807) is 7.11 Å². The molecule has 2 rings (SSSR count). The van der Waals surface area contributed by atoms with Crippen LogP contribution in [0, 0.1) is 12.8 Å². The first-order valence-electron chi connectivity index (χ1n) is 7.34. The molecule has 0 radical (unpaired) electrons. The third kappa shape index (κ3) is 4.51. The van der Waals surface area contributed by atoms with Crippen molar-refractivity contribution in [3.8, 4) is 5.75 Å². The van der Waals surface area contributed by atoms with E-state index >= 15 is 0 Å². The predicted molar refractivity (Wildman–Crippen MR) is 79.6 cm³/mol. The fourth-order valence-electron chi connectivity index (χ4n) is 2.75. The molecule has 1 aromatic carbocycles. The van der Waals surface area contributed by atoms with E-state index in [-0.39, 0.29) is 0 Å². The standard InChI is InChI=1S/C16H26N2O/c1-13-5-6-16(19-2)15(10-13)12-18-9-7-14-4-3-8-17-11-14/h5-6,10,14,17-18H,3-4,7-9,11-12H2,1-2H3. The Balaban J connectivity index is 1.74. The maximum Gasteiger partial charge on any atom is 0.123 e. The lowest BCUT2D eigenvalue weighted by molar-refractivity contribution is 0.351. The largest absolute Gasteiger partial charge is 0.496 e. The number of hydrogen-bond acceptors (Lipinski definition) is 3. The Morgan fingerprint density at radius 1 is 1.42 bits per heavy atom. The summed E-state index contributed by atoms with van der Waals surface area (Å²) in [4.78, 5) is 0. The topological polar surface area (TPSA) is 33.3 Å². The molecule has 1 unspecified atom stereocenters. The van der Waals surface area contributed by atoms with Gasteiger partial charge in [0, 0.05) is 12.1 Å². The fourth-order valence-corrected chi connectivity index (χ4v) is 2.75. The Morgan fingerprint density at radius 2 is 2.32 bits per heavy atom. The summed E-state index contributed by atoms with van der Waals surface area (Å²) in [6.07, 6.45) is 3.97. The van der Waals surface area contributed by atoms with E-state index in [0.717, 1.165) is 24.8 Å². The van der Waals surface area contributed by atoms with Gasteiger partial charge in [-0.3, -0.25) is 0 Å². The van der Waals surface area contributed by atoms with Gasteiger partial charge >= 0.3 is 0 Å². The molecule has 2 N–H and O–H groups in total. The smallest absolute Gasteiger partial charge is 0.123 e. The van der Waals surface area contributed by atoms with E-state index in [1.165, 1.54) is 43.5 Å². The highest BCUT2D eigenvalue weighted by atomic mass is 16.5. The summed E-state index contributed by atoms with van der Waals surface area (Å²) in [5.41, 5.74) is 2.54. The zero-order valence-corrected chi connectivity index (χ0v) is 12.2. The van der Waals surface area contributed by atoms with Crippen LogP contribution in [0.15, 0.2) is 18.2 Å². The van der Waals surface area contributed by atoms with Gasteiger partial charge in [-0.15, -0.1) is 0 Å². The Labute approximate surface area is 116 Å². The van der Waals surface area contributed by atoms with Crippen molar-refractivity contribution < 1.29 is 4.74 Å². The number of rotatable bonds is 6. The quantitative estimate of drug-likeness (QED) is 0.773. The molecule has 0 bridgehead atoms. The number of nitrogens with one attached hydrogen (secondary N) is 2. The lowest BCUT2D eigenvalue weighted by atomic mass is 9.96. The van der Waals surface area contributed by atoms with Crippen LogP contribution in [0.1, 0.15) is 30.4 Å². The van der Waals surface area contributed by atoms with Crippen LogP contribution in [-0.2, 0) is 6.54 Å². The minimum Gasteiger partial charge on any atom is -0.496 e. The molecule has 0 aliphatic carbocycles. The lowest BCUT2D eigenvalue weighted by Crippen LogP contribution is -2.31. The van der Waals surface area contributed by atoms with Gasteiger partial charge in [0.15, 0.2) is 0 Å². The molecule has 19 heavy (non-hydrogen) atoms. The minimum atomic E-state index is 0.848. The maximum absolute atomic E-state index is 5.40. The molecule has 1 heterocycles. The van der Waals surface area contributed by atoms with Crippen molar-refractivity contribution in [2.75, 3.05) is 26.7 Å². The summed E-state index contributed by atoms with van der Waals surface area (Å²) in [5, 5.41) is 7.01. The molecule has 106 valence electrons. The van der Waals surface area contributed by atoms with Crippen LogP contribution in [0.4, 0.5) is 0 Å². The third-order valence-electron chi connectivity index (χ3n) is 3.88. The zero-order chi connectivity index (χ0) is 13.5. The van der Waals surface area contributed by atoms with Gasteiger partial charge in [0.2, 0.25) is 0 Å². The number of ether oxygens (including phenoxy) is 1. The molecule has 0 amide bonds. The number of methoxy groups -OCH3 is 1. The second-order valence-corrected chi connectivity index (χ2v) is 5.49. The van der Waals surface area contributed by atoms with Gasteiger partial charge < -0.3 is 15.4 Å². The number of aryl methyl sites for hydroxylation is 1. The van der Waals surface area contributed by atoms with E-state index in [1.807, 2.05) is 0 Å². The molecule has 1 aliphatic heterocycles. The Kier molecular flexibility index (Phi) is 5.67. The van der Waals surface area contributed by atoms with Crippen molar-refractivity contribution in [2.24, 2.45) is 5.92 Å². The molecule has 1 atom stereocenters. The predicted octanol–water partition coefficient (Wildman–Crippen LogP) is 2.48. The monoisotopic (exact) mass is 262 g/mol. The Hall–Kier alpha value is -1.06. The number of benzene rings is 1. The summed E-state index contributed by atoms with van der Waals surface area (Å²) in [6.45, 7) is 6.49. The molecule has 1 aliphatic rings. The fraction of sp³-hybridized carbons (Fsp3) is 0.625. The highest BCUT2D eigenvalue weighted by Crippen LogP contribution is 2.19. The second-order valence-electron chi connectivity index (χ2n) is 5.49. The molecular weight excluding hydrogens is 236 g/mol. The summed E-state index contributed by atoms with van der Waals surface area (Å²) in [5.74, 6) is 1.83. The van der Waals surface area contributed by atoms with Crippen LogP contribution in [0.3, 0.4) is 0 Å². The van der Waals surface area contributed by atoms with Gasteiger partial charge in [-0.2, -0.15) is 0 Å². The zero-order valence-electron chi connectivity index (χ0n) is 12.2. The van der Waals surface area contributed by atoms with Crippen molar-refractivity contribution in [3.63, 3.8) is 0 Å². The van der Waals surface area contributed by atoms with Crippen LogP contribution in [0.5, 0.6) is 5.75 Å². The average Bonchev–Trinajstić information content (AvgIpc) is 2.45. The second kappa shape index (κ2) is 7.51. The minimum absolute atomic E-state index is 0.848. The van der Waals surface area contributed by atoms with E-state index < -0.39 is 0 Å². The van der Waals surface area contributed by atoms with Crippen LogP contribution in [-0.4, -0.2) is 26.7 Å². The van der Waals surface area contributed by atoms with Crippen molar-refractivity contribution in [1.82, 2.24) is 10.6 Å². The van der Waals surface area contributed by atoms with Crippen LogP contribution >= 0.6 is 0 Å². The Morgan fingerprint density at radius 3 is 3.05 bits per heavy atom. The number of hydrogen-bond donors (Lipinski definition) is 2. The van der Waals surface area contributed by atoms with Crippen LogP contribution < -0.4 is 15.4 Å². The van der Waals surface area contributed by atoms with E-state index in [0.29, 0.717) is 0 Å². The van der Waals surface area contributed by atoms with Crippen molar-refractivity contribution in [2.45, 2.75) is 32.7 Å². The van der Waals surface area contributed by atoms with Crippen LogP contribution in [0.25, 0.3) is 0 Å². The highest BCUT2D eigenvalue weighted by Gasteiger charge is 2.12. The molecule has 3 heteroatoms. The molecular formula is C16H26N2O. The third-order valence-corrected chi connectivity index (χ3v) is 3.88. The highest BCUT2D eigenvalue weighted by molar-refractivity contribution is 5.36. The lowest BCUT2D eigenvalue weighted by Gasteiger charge is -2.22. The molecule has 3 nitrogen and oxygen atoms in total. The normalized spacial score (nSPS) is 19.4. The van der Waals surface area contributed by atoms with E-state index in [2.05, 4.69) is 35.8 Å². The maximum atomic E-state index is 5.40. The van der Waals surface area contributed by atoms with Crippen LogP contribution in [0.2, 0.25) is 0 Å². The Bertz CT molecular complexity index is 386. The molecule has 1 aromatic rings. The number of piperidine rings is 1. The summed E-state index contributed by atoms with van der Waals surface area (Å²) in [6, 6.07) is 6.35. The first-order valence-corrected chi connectivity index (χ1v) is 7.34. The van der Waals surface area contributed by atoms with Gasteiger partial charge in [0.1, 0.15) is 5.75 Å². The molecule has 0 aromatic heterocycles. The van der Waals surface area contributed by atoms with Gasteiger partial charge in [-0.25, -0.2) is 0 Å². The van der Waals surface area contributed by atoms with E-state index in [9.17, 15) is 0 Å². The van der Waals surface area contributed by atoms with Gasteiger partial charge in [-0.05, 0) is 57.8 Å². The first-order chi connectivity index (χ1) is 9.29. The summed E-state index contributed by atoms with van der Waals surface area (Å²) >= 11 is 0. The van der Waals surface area contributed by atoms with Crippen molar-refractivity contribution in [1.29, 1.82) is 0 Å². The summed E-state index contributed by atoms with van der Waals surface area (Å²) in [7, 11) is 1.74. The summed E-state index contributed by atoms with van der Waals surface area (Å²) < 4.78 is 5.40. The van der Waals surface area contributed by atoms with E-state index in [4.69, 9.17) is 4.74 Å². The van der Waals surface area contributed by atoms with Gasteiger partial charge in [0.05, 0.1) is 7.11 Å². The average molecular weight is 262 g/mol. The van der Waals surface area contributed by atoms with Crippen molar-refractivity contribution in [3.05, 3.63) is 29.3 Å². The molecule has 1 saturated heterocycles. The SMILES string of the molecule is COc1ccc(C)cc1CNCCC1CCCNC1. The van der Waals surface area contributed by atoms with Gasteiger partial charge in [0.25, 0.3) is 0 Å². The molecule has 0 saturated carbocycles. The van der Waals surface area contributed by atoms with Crippen molar-refractivity contribution >= 4 is 0 Å². The first kappa shape index (κ1) is 14.4. The van der Waals surface area contributed by atoms with Gasteiger partial charge in [-0.1, -0.05) is 17.7 Å². The molecule has 0 spiro atoms.